The lowest BCUT2D eigenvalue weighted by Crippen LogP contribution is -2.23. The molecule has 3 rings (SSSR count). The van der Waals surface area contributed by atoms with Gasteiger partial charge in [0.2, 0.25) is 0 Å². The summed E-state index contributed by atoms with van der Waals surface area (Å²) in [4.78, 5) is 39.0. The Morgan fingerprint density at radius 3 is 2.76 bits per heavy atom. The molecule has 1 amide bonds. The molecular weight excluding hydrogens is 425 g/mol. The molecule has 1 aromatic heterocycles. The lowest BCUT2D eigenvalue weighted by atomic mass is 10.2. The molecule has 8 nitrogen and oxygen atoms in total. The van der Waals surface area contributed by atoms with E-state index in [1.807, 2.05) is 0 Å². The number of nitro groups is 1. The molecule has 0 saturated carbocycles. The fraction of sp³-hybridized carbons (Fsp3) is 0.167. The summed E-state index contributed by atoms with van der Waals surface area (Å²) in [6.07, 6.45) is 0. The van der Waals surface area contributed by atoms with Gasteiger partial charge in [0.1, 0.15) is 12.4 Å². The number of amides is 1. The number of ether oxygens (including phenoxy) is 1. The Morgan fingerprint density at radius 2 is 2.10 bits per heavy atom. The van der Waals surface area contributed by atoms with Crippen molar-refractivity contribution in [2.75, 3.05) is 6.61 Å². The van der Waals surface area contributed by atoms with Gasteiger partial charge in [-0.15, -0.1) is 0 Å². The molecule has 0 fully saturated rings. The molecule has 0 aliphatic carbocycles. The van der Waals surface area contributed by atoms with Gasteiger partial charge in [-0.2, -0.15) is 4.99 Å². The van der Waals surface area contributed by atoms with Crippen molar-refractivity contribution >= 4 is 50.7 Å². The molecule has 0 spiro atoms. The first kappa shape index (κ1) is 20.6. The number of carbonyl (C=O) groups is 2. The second-order valence-corrected chi connectivity index (χ2v) is 7.11. The number of benzene rings is 2. The molecule has 11 heteroatoms. The number of rotatable bonds is 5. The number of hydrogen-bond donors (Lipinski definition) is 0. The van der Waals surface area contributed by atoms with E-state index in [4.69, 9.17) is 16.3 Å². The quantitative estimate of drug-likeness (QED) is 0.344. The Kier molecular flexibility index (Phi) is 6.04. The summed E-state index contributed by atoms with van der Waals surface area (Å²) in [5.74, 6) is -2.35. The van der Waals surface area contributed by atoms with E-state index in [1.165, 1.54) is 34.9 Å². The monoisotopic (exact) mass is 437 g/mol. The molecule has 0 atom stereocenters. The molecule has 29 heavy (non-hydrogen) atoms. The summed E-state index contributed by atoms with van der Waals surface area (Å²) in [5, 5.41) is 10.9. The highest BCUT2D eigenvalue weighted by atomic mass is 35.5. The summed E-state index contributed by atoms with van der Waals surface area (Å²) in [7, 11) is 0. The average Bonchev–Trinajstić information content (AvgIpc) is 2.98. The van der Waals surface area contributed by atoms with Gasteiger partial charge in [0, 0.05) is 12.1 Å². The van der Waals surface area contributed by atoms with Crippen molar-refractivity contribution in [2.24, 2.45) is 4.99 Å². The maximum absolute atomic E-state index is 14.0. The predicted molar refractivity (Wildman–Crippen MR) is 104 cm³/mol. The van der Waals surface area contributed by atoms with Gasteiger partial charge >= 0.3 is 5.97 Å². The number of nitro benzene ring substituents is 1. The second-order valence-electron chi connectivity index (χ2n) is 5.70. The van der Waals surface area contributed by atoms with E-state index >= 15 is 0 Å². The zero-order valence-corrected chi connectivity index (χ0v) is 16.5. The van der Waals surface area contributed by atoms with E-state index in [-0.39, 0.29) is 28.7 Å². The van der Waals surface area contributed by atoms with Crippen LogP contribution in [-0.4, -0.2) is 28.0 Å². The molecule has 0 unspecified atom stereocenters. The highest BCUT2D eigenvalue weighted by Gasteiger charge is 2.18. The lowest BCUT2D eigenvalue weighted by molar-refractivity contribution is -0.384. The van der Waals surface area contributed by atoms with Crippen LogP contribution in [0.3, 0.4) is 0 Å². The minimum atomic E-state index is -0.938. The van der Waals surface area contributed by atoms with Crippen molar-refractivity contribution < 1.29 is 23.6 Å². The topological polar surface area (TPSA) is 104 Å². The van der Waals surface area contributed by atoms with Crippen LogP contribution in [0, 0.1) is 15.9 Å². The fourth-order valence-electron chi connectivity index (χ4n) is 2.59. The standard InChI is InChI=1S/C18H13ClFN3O5S/c1-2-28-15(24)9-22-13-7-6-10(23(26)27)8-14(13)29-18(22)21-17(25)16-11(19)4-3-5-12(16)20/h3-8H,2,9H2,1H3. The summed E-state index contributed by atoms with van der Waals surface area (Å²) < 4.78 is 20.8. The molecule has 2 aromatic carbocycles. The zero-order chi connectivity index (χ0) is 21.1. The van der Waals surface area contributed by atoms with Crippen molar-refractivity contribution in [3.8, 4) is 0 Å². The minimum absolute atomic E-state index is 0.0536. The Morgan fingerprint density at radius 1 is 1.34 bits per heavy atom. The largest absolute Gasteiger partial charge is 0.465 e. The van der Waals surface area contributed by atoms with Gasteiger partial charge in [-0.05, 0) is 25.1 Å². The smallest absolute Gasteiger partial charge is 0.326 e. The number of non-ortho nitro benzene ring substituents is 1. The van der Waals surface area contributed by atoms with E-state index in [9.17, 15) is 24.1 Å². The third kappa shape index (κ3) is 4.33. The van der Waals surface area contributed by atoms with Crippen LogP contribution in [0.1, 0.15) is 17.3 Å². The number of carbonyl (C=O) groups excluding carboxylic acids is 2. The molecule has 150 valence electrons. The van der Waals surface area contributed by atoms with E-state index in [2.05, 4.69) is 4.99 Å². The van der Waals surface area contributed by atoms with Gasteiger partial charge in [-0.25, -0.2) is 4.39 Å². The summed E-state index contributed by atoms with van der Waals surface area (Å²) in [6.45, 7) is 1.53. The molecule has 1 heterocycles. The van der Waals surface area contributed by atoms with E-state index in [1.54, 1.807) is 6.92 Å². The van der Waals surface area contributed by atoms with Gasteiger partial charge in [0.15, 0.2) is 4.80 Å². The zero-order valence-electron chi connectivity index (χ0n) is 14.9. The SMILES string of the molecule is CCOC(=O)Cn1c(=NC(=O)c2c(F)cccc2Cl)sc2cc([N+](=O)[O-])ccc21. The summed E-state index contributed by atoms with van der Waals surface area (Å²) in [6, 6.07) is 7.82. The molecule has 0 N–H and O–H groups in total. The number of fused-ring (bicyclic) bond motifs is 1. The highest BCUT2D eigenvalue weighted by Crippen LogP contribution is 2.24. The summed E-state index contributed by atoms with van der Waals surface area (Å²) >= 11 is 6.86. The maximum Gasteiger partial charge on any atom is 0.326 e. The third-order valence-corrected chi connectivity index (χ3v) is 5.20. The molecule has 0 radical (unpaired) electrons. The van der Waals surface area contributed by atoms with Gasteiger partial charge in [-0.1, -0.05) is 29.0 Å². The van der Waals surface area contributed by atoms with Crippen LogP contribution in [-0.2, 0) is 16.1 Å². The van der Waals surface area contributed by atoms with Crippen LogP contribution < -0.4 is 4.80 Å². The van der Waals surface area contributed by atoms with Crippen molar-refractivity contribution in [3.63, 3.8) is 0 Å². The molecule has 0 saturated heterocycles. The van der Waals surface area contributed by atoms with E-state index in [0.29, 0.717) is 10.2 Å². The number of halogens is 2. The molecule has 0 bridgehead atoms. The van der Waals surface area contributed by atoms with Crippen molar-refractivity contribution in [1.82, 2.24) is 4.57 Å². The second kappa shape index (κ2) is 8.50. The van der Waals surface area contributed by atoms with E-state index < -0.39 is 28.2 Å². The van der Waals surface area contributed by atoms with Crippen molar-refractivity contribution in [2.45, 2.75) is 13.5 Å². The predicted octanol–water partition coefficient (Wildman–Crippen LogP) is 3.71. The number of nitrogens with zero attached hydrogens (tertiary/aromatic N) is 3. The van der Waals surface area contributed by atoms with Crippen LogP contribution in [0.2, 0.25) is 5.02 Å². The normalized spacial score (nSPS) is 11.6. The Bertz CT molecular complexity index is 1180. The number of hydrogen-bond acceptors (Lipinski definition) is 6. The van der Waals surface area contributed by atoms with Gasteiger partial charge in [0.05, 0.1) is 32.3 Å². The Balaban J connectivity index is 2.18. The first-order chi connectivity index (χ1) is 13.8. The fourth-order valence-corrected chi connectivity index (χ4v) is 3.90. The first-order valence-corrected chi connectivity index (χ1v) is 9.47. The summed E-state index contributed by atoms with van der Waals surface area (Å²) in [5.41, 5.74) is -0.114. The van der Waals surface area contributed by atoms with Crippen LogP contribution in [0.4, 0.5) is 10.1 Å². The van der Waals surface area contributed by atoms with Gasteiger partial charge in [-0.3, -0.25) is 19.7 Å². The molecule has 3 aromatic rings. The third-order valence-electron chi connectivity index (χ3n) is 3.84. The Labute approximate surface area is 172 Å². The Hall–Kier alpha value is -3.11. The highest BCUT2D eigenvalue weighted by molar-refractivity contribution is 7.16. The van der Waals surface area contributed by atoms with Crippen LogP contribution >= 0.6 is 22.9 Å². The van der Waals surface area contributed by atoms with E-state index in [0.717, 1.165) is 17.4 Å². The first-order valence-electron chi connectivity index (χ1n) is 8.28. The molecular formula is C18H13ClFN3O5S. The maximum atomic E-state index is 14.0. The van der Waals surface area contributed by atoms with Crippen molar-refractivity contribution in [1.29, 1.82) is 0 Å². The molecule has 0 aliphatic heterocycles. The number of aromatic nitrogens is 1. The average molecular weight is 438 g/mol. The van der Waals surface area contributed by atoms with Crippen LogP contribution in [0.25, 0.3) is 10.2 Å². The van der Waals surface area contributed by atoms with Crippen LogP contribution in [0.15, 0.2) is 41.4 Å². The van der Waals surface area contributed by atoms with Gasteiger partial charge in [0.25, 0.3) is 11.6 Å². The minimum Gasteiger partial charge on any atom is -0.465 e. The molecule has 0 aliphatic rings. The number of thiazole rings is 1. The lowest BCUT2D eigenvalue weighted by Gasteiger charge is -2.05. The van der Waals surface area contributed by atoms with Gasteiger partial charge < -0.3 is 9.30 Å². The number of esters is 1. The van der Waals surface area contributed by atoms with Crippen LogP contribution in [0.5, 0.6) is 0 Å². The van der Waals surface area contributed by atoms with Crippen molar-refractivity contribution in [3.05, 3.63) is 67.7 Å².